The molecule has 0 bridgehead atoms. The van der Waals surface area contributed by atoms with Gasteiger partial charge in [-0.25, -0.2) is 24.4 Å². The molecule has 0 aliphatic rings. The van der Waals surface area contributed by atoms with Crippen LogP contribution >= 0.6 is 0 Å². The Morgan fingerprint density at radius 2 is 1.88 bits per heavy atom. The summed E-state index contributed by atoms with van der Waals surface area (Å²) in [6, 6.07) is 6.15. The van der Waals surface area contributed by atoms with Crippen LogP contribution < -0.4 is 20.1 Å². The number of rotatable bonds is 5. The zero-order valence-electron chi connectivity index (χ0n) is 13.5. The predicted molar refractivity (Wildman–Crippen MR) is 89.1 cm³/mol. The summed E-state index contributed by atoms with van der Waals surface area (Å²) in [5.74, 6) is 1.88. The number of aromatic nitrogens is 5. The number of nitrogens with one attached hydrogen (secondary N) is 2. The summed E-state index contributed by atoms with van der Waals surface area (Å²) >= 11 is 0. The van der Waals surface area contributed by atoms with Gasteiger partial charge in [0, 0.05) is 17.8 Å². The highest BCUT2D eigenvalue weighted by Gasteiger charge is 2.09. The van der Waals surface area contributed by atoms with Crippen LogP contribution in [0.4, 0.5) is 16.3 Å². The van der Waals surface area contributed by atoms with Crippen LogP contribution in [0.1, 0.15) is 0 Å². The molecular weight excluding hydrogens is 326 g/mol. The Morgan fingerprint density at radius 1 is 1.04 bits per heavy atom. The molecule has 2 aromatic heterocycles. The summed E-state index contributed by atoms with van der Waals surface area (Å²) in [6.07, 6.45) is 4.21. The van der Waals surface area contributed by atoms with Crippen LogP contribution in [0.15, 0.2) is 43.2 Å². The van der Waals surface area contributed by atoms with Gasteiger partial charge in [-0.1, -0.05) is 0 Å². The van der Waals surface area contributed by atoms with Gasteiger partial charge < -0.3 is 14.8 Å². The molecule has 0 radical (unpaired) electrons. The molecule has 3 rings (SSSR count). The summed E-state index contributed by atoms with van der Waals surface area (Å²) in [4.78, 5) is 24.1. The van der Waals surface area contributed by atoms with Crippen LogP contribution in [-0.4, -0.2) is 45.0 Å². The fraction of sp³-hybridized carbons (Fsp3) is 0.133. The van der Waals surface area contributed by atoms with Gasteiger partial charge in [-0.05, 0) is 12.1 Å². The minimum Gasteiger partial charge on any atom is -0.493 e. The lowest BCUT2D eigenvalue weighted by atomic mass is 10.3. The number of ether oxygens (including phenoxy) is 2. The number of benzene rings is 1. The first-order chi connectivity index (χ1) is 12.2. The Morgan fingerprint density at radius 3 is 2.60 bits per heavy atom. The van der Waals surface area contributed by atoms with Crippen molar-refractivity contribution in [2.45, 2.75) is 0 Å². The number of hydrogen-bond donors (Lipinski definition) is 2. The normalized spacial score (nSPS) is 10.2. The van der Waals surface area contributed by atoms with E-state index in [-0.39, 0.29) is 0 Å². The molecule has 1 aromatic carbocycles. The molecule has 0 aliphatic heterocycles. The third-order valence-electron chi connectivity index (χ3n) is 3.19. The van der Waals surface area contributed by atoms with Gasteiger partial charge in [0.25, 0.3) is 0 Å². The van der Waals surface area contributed by atoms with Crippen molar-refractivity contribution in [2.24, 2.45) is 0 Å². The topological polar surface area (TPSA) is 116 Å². The Balaban J connectivity index is 1.70. The third-order valence-corrected chi connectivity index (χ3v) is 3.19. The maximum absolute atomic E-state index is 12.1. The van der Waals surface area contributed by atoms with Gasteiger partial charge in [-0.3, -0.25) is 5.32 Å². The molecule has 0 unspecified atom stereocenters. The summed E-state index contributed by atoms with van der Waals surface area (Å²) in [7, 11) is 3.06. The minimum absolute atomic E-state index is 0.318. The minimum atomic E-state index is -0.463. The average molecular weight is 341 g/mol. The van der Waals surface area contributed by atoms with Gasteiger partial charge in [0.2, 0.25) is 0 Å². The smallest absolute Gasteiger partial charge is 0.324 e. The van der Waals surface area contributed by atoms with Gasteiger partial charge in [-0.15, -0.1) is 0 Å². The highest BCUT2D eigenvalue weighted by atomic mass is 16.5. The van der Waals surface area contributed by atoms with Crippen molar-refractivity contribution < 1.29 is 14.3 Å². The van der Waals surface area contributed by atoms with Crippen molar-refractivity contribution >= 4 is 17.5 Å². The number of amides is 2. The van der Waals surface area contributed by atoms with E-state index in [0.29, 0.717) is 28.8 Å². The second-order valence-corrected chi connectivity index (χ2v) is 4.75. The Hall–Kier alpha value is -3.69. The number of urea groups is 1. The Bertz CT molecular complexity index is 867. The van der Waals surface area contributed by atoms with Crippen LogP contribution in [0.5, 0.6) is 11.5 Å². The van der Waals surface area contributed by atoms with E-state index in [1.54, 1.807) is 31.4 Å². The van der Waals surface area contributed by atoms with E-state index in [9.17, 15) is 4.79 Å². The average Bonchev–Trinajstić information content (AvgIpc) is 3.16. The largest absolute Gasteiger partial charge is 0.493 e. The molecule has 128 valence electrons. The molecule has 10 nitrogen and oxygen atoms in total. The molecule has 0 atom stereocenters. The molecule has 0 fully saturated rings. The van der Waals surface area contributed by atoms with Crippen LogP contribution in [0, 0.1) is 0 Å². The fourth-order valence-corrected chi connectivity index (χ4v) is 2.06. The lowest BCUT2D eigenvalue weighted by Crippen LogP contribution is -2.20. The van der Waals surface area contributed by atoms with E-state index in [0.717, 1.165) is 0 Å². The van der Waals surface area contributed by atoms with Crippen LogP contribution in [0.25, 0.3) is 5.82 Å². The van der Waals surface area contributed by atoms with Gasteiger partial charge >= 0.3 is 6.03 Å². The van der Waals surface area contributed by atoms with Gasteiger partial charge in [0.1, 0.15) is 24.8 Å². The zero-order valence-corrected chi connectivity index (χ0v) is 13.5. The molecule has 3 aromatic rings. The van der Waals surface area contributed by atoms with E-state index in [1.165, 1.54) is 30.8 Å². The first kappa shape index (κ1) is 16.2. The van der Waals surface area contributed by atoms with Crippen molar-refractivity contribution in [1.82, 2.24) is 24.7 Å². The summed E-state index contributed by atoms with van der Waals surface area (Å²) in [6.45, 7) is 0. The second kappa shape index (κ2) is 7.25. The van der Waals surface area contributed by atoms with E-state index in [2.05, 4.69) is 30.7 Å². The van der Waals surface area contributed by atoms with E-state index >= 15 is 0 Å². The lowest BCUT2D eigenvalue weighted by Gasteiger charge is -2.11. The maximum Gasteiger partial charge on any atom is 0.324 e. The number of anilines is 2. The molecule has 0 aliphatic carbocycles. The number of nitrogens with zero attached hydrogens (tertiary/aromatic N) is 5. The van der Waals surface area contributed by atoms with Crippen molar-refractivity contribution in [3.63, 3.8) is 0 Å². The highest BCUT2D eigenvalue weighted by Crippen LogP contribution is 2.29. The van der Waals surface area contributed by atoms with E-state index < -0.39 is 6.03 Å². The molecule has 0 saturated carbocycles. The third kappa shape index (κ3) is 3.80. The summed E-state index contributed by atoms with van der Waals surface area (Å²) in [5, 5.41) is 9.29. The molecule has 0 saturated heterocycles. The van der Waals surface area contributed by atoms with Crippen molar-refractivity contribution in [2.75, 3.05) is 24.9 Å². The van der Waals surface area contributed by atoms with Crippen LogP contribution in [0.3, 0.4) is 0 Å². The molecular formula is C15H15N7O3. The predicted octanol–water partition coefficient (Wildman–Crippen LogP) is 1.72. The van der Waals surface area contributed by atoms with Gasteiger partial charge in [-0.2, -0.15) is 5.10 Å². The fourth-order valence-electron chi connectivity index (χ4n) is 2.06. The van der Waals surface area contributed by atoms with E-state index in [1.807, 2.05) is 0 Å². The van der Waals surface area contributed by atoms with Crippen molar-refractivity contribution in [3.05, 3.63) is 43.2 Å². The second-order valence-electron chi connectivity index (χ2n) is 4.75. The van der Waals surface area contributed by atoms with E-state index in [4.69, 9.17) is 9.47 Å². The van der Waals surface area contributed by atoms with Crippen molar-refractivity contribution in [1.29, 1.82) is 0 Å². The standard InChI is InChI=1S/C15H15N7O3/c1-24-11-4-3-10(5-12(11)25-2)20-15(23)21-13-6-14(18-8-17-13)22-9-16-7-19-22/h3-9H,1-2H3,(H2,17,18,20,21,23). The van der Waals surface area contributed by atoms with Crippen LogP contribution in [-0.2, 0) is 0 Å². The first-order valence-electron chi connectivity index (χ1n) is 7.16. The highest BCUT2D eigenvalue weighted by molar-refractivity contribution is 5.99. The number of carbonyl (C=O) groups excluding carboxylic acids is 1. The van der Waals surface area contributed by atoms with Crippen molar-refractivity contribution in [3.8, 4) is 17.3 Å². The molecule has 0 spiro atoms. The van der Waals surface area contributed by atoms with Crippen LogP contribution in [0.2, 0.25) is 0 Å². The molecule has 2 amide bonds. The summed E-state index contributed by atoms with van der Waals surface area (Å²) in [5.41, 5.74) is 0.542. The SMILES string of the molecule is COc1ccc(NC(=O)Nc2cc(-n3cncn3)ncn2)cc1OC. The van der Waals surface area contributed by atoms with Gasteiger partial charge in [0.15, 0.2) is 17.3 Å². The number of carbonyl (C=O) groups is 1. The number of hydrogen-bond acceptors (Lipinski definition) is 7. The number of methoxy groups -OCH3 is 2. The van der Waals surface area contributed by atoms with Gasteiger partial charge in [0.05, 0.1) is 14.2 Å². The maximum atomic E-state index is 12.1. The quantitative estimate of drug-likeness (QED) is 0.725. The zero-order chi connectivity index (χ0) is 17.6. The lowest BCUT2D eigenvalue weighted by molar-refractivity contribution is 0.262. The molecule has 2 N–H and O–H groups in total. The molecule has 10 heteroatoms. The summed E-state index contributed by atoms with van der Waals surface area (Å²) < 4.78 is 11.8. The monoisotopic (exact) mass is 341 g/mol. The molecule has 2 heterocycles. The Kier molecular flexibility index (Phi) is 4.69. The molecule has 25 heavy (non-hydrogen) atoms. The Labute approximate surface area is 142 Å². The first-order valence-corrected chi connectivity index (χ1v) is 7.16.